The van der Waals surface area contributed by atoms with Crippen LogP contribution in [0.3, 0.4) is 0 Å². The maximum atomic E-state index is 13.5. The second-order valence-electron chi connectivity index (χ2n) is 6.15. The number of ether oxygens (including phenoxy) is 1. The molecule has 152 valence electrons. The molecule has 0 spiro atoms. The van der Waals surface area contributed by atoms with Crippen LogP contribution in [-0.2, 0) is 23.6 Å². The molecule has 0 aliphatic rings. The minimum Gasteiger partial charge on any atom is -0.486 e. The first kappa shape index (κ1) is 21.6. The fraction of sp³-hybridized carbons (Fsp3) is 0.238. The number of thioether (sulfide) groups is 1. The maximum Gasteiger partial charge on any atom is 0.226 e. The van der Waals surface area contributed by atoms with Gasteiger partial charge in [0.2, 0.25) is 5.91 Å². The molecule has 3 rings (SSSR count). The van der Waals surface area contributed by atoms with Crippen LogP contribution in [0.1, 0.15) is 16.3 Å². The van der Waals surface area contributed by atoms with Crippen LogP contribution in [0, 0.1) is 5.82 Å². The topological polar surface area (TPSA) is 51.2 Å². The number of hydrogen-bond acceptors (Lipinski definition) is 5. The summed E-state index contributed by atoms with van der Waals surface area (Å²) in [6.07, 6.45) is 0.232. The van der Waals surface area contributed by atoms with Crippen molar-refractivity contribution in [1.29, 1.82) is 0 Å². The number of carbonyl (C=O) groups excluding carboxylic acids is 1. The highest BCUT2D eigenvalue weighted by molar-refractivity contribution is 7.98. The molecule has 0 radical (unpaired) electrons. The molecule has 0 aliphatic carbocycles. The third kappa shape index (κ3) is 7.34. The van der Waals surface area contributed by atoms with Gasteiger partial charge in [-0.1, -0.05) is 29.8 Å². The van der Waals surface area contributed by atoms with Gasteiger partial charge in [0.05, 0.1) is 12.1 Å². The van der Waals surface area contributed by atoms with E-state index in [2.05, 4.69) is 10.3 Å². The summed E-state index contributed by atoms with van der Waals surface area (Å²) in [5, 5.41) is 6.21. The molecule has 0 aliphatic heterocycles. The number of nitrogens with zero attached hydrogens (tertiary/aromatic N) is 1. The normalized spacial score (nSPS) is 10.7. The standard InChI is InChI=1S/C21H20ClFN2O2S2/c22-16-5-7-18(8-6-16)27-12-21-25-17(14-29-21)11-20(26)24-9-10-28-13-15-3-1-2-4-19(15)23/h1-8,14H,9-13H2,(H,24,26). The molecule has 4 nitrogen and oxygen atoms in total. The van der Waals surface area contributed by atoms with Crippen molar-refractivity contribution in [3.05, 3.63) is 81.0 Å². The Labute approximate surface area is 182 Å². The van der Waals surface area contributed by atoms with Crippen LogP contribution in [0.15, 0.2) is 53.9 Å². The Morgan fingerprint density at radius 2 is 2.00 bits per heavy atom. The molecule has 1 heterocycles. The fourth-order valence-electron chi connectivity index (χ4n) is 2.46. The summed E-state index contributed by atoms with van der Waals surface area (Å²) in [7, 11) is 0. The van der Waals surface area contributed by atoms with Crippen molar-refractivity contribution in [2.45, 2.75) is 18.8 Å². The molecule has 8 heteroatoms. The summed E-state index contributed by atoms with van der Waals surface area (Å²) >= 11 is 8.90. The Morgan fingerprint density at radius 3 is 2.79 bits per heavy atom. The lowest BCUT2D eigenvalue weighted by molar-refractivity contribution is -0.120. The molecule has 0 bridgehead atoms. The number of nitrogens with one attached hydrogen (secondary N) is 1. The van der Waals surface area contributed by atoms with E-state index in [4.69, 9.17) is 16.3 Å². The lowest BCUT2D eigenvalue weighted by atomic mass is 10.2. The van der Waals surface area contributed by atoms with Gasteiger partial charge in [-0.2, -0.15) is 11.8 Å². The number of halogens is 2. The van der Waals surface area contributed by atoms with Gasteiger partial charge in [-0.15, -0.1) is 11.3 Å². The number of thiazole rings is 1. The van der Waals surface area contributed by atoms with Gasteiger partial charge < -0.3 is 10.1 Å². The molecule has 0 atom stereocenters. The SMILES string of the molecule is O=C(Cc1csc(COc2ccc(Cl)cc2)n1)NCCSCc1ccccc1F. The Bertz CT molecular complexity index is 934. The first-order chi connectivity index (χ1) is 14.1. The zero-order valence-corrected chi connectivity index (χ0v) is 18.0. The average molecular weight is 451 g/mol. The molecule has 29 heavy (non-hydrogen) atoms. The van der Waals surface area contributed by atoms with Crippen molar-refractivity contribution in [1.82, 2.24) is 10.3 Å². The van der Waals surface area contributed by atoms with Crippen LogP contribution in [0.5, 0.6) is 5.75 Å². The highest BCUT2D eigenvalue weighted by Crippen LogP contribution is 2.18. The summed E-state index contributed by atoms with van der Waals surface area (Å²) in [6.45, 7) is 0.884. The number of benzene rings is 2. The number of rotatable bonds is 10. The highest BCUT2D eigenvalue weighted by atomic mass is 35.5. The molecule has 1 N–H and O–H groups in total. The van der Waals surface area contributed by atoms with E-state index in [9.17, 15) is 9.18 Å². The van der Waals surface area contributed by atoms with E-state index < -0.39 is 0 Å². The molecule has 3 aromatic rings. The van der Waals surface area contributed by atoms with Gasteiger partial charge in [0.25, 0.3) is 0 Å². The van der Waals surface area contributed by atoms with Gasteiger partial charge in [0.1, 0.15) is 23.2 Å². The third-order valence-corrected chi connectivity index (χ3v) is 6.03. The lowest BCUT2D eigenvalue weighted by Crippen LogP contribution is -2.27. The van der Waals surface area contributed by atoms with Crippen LogP contribution in [0.2, 0.25) is 5.02 Å². The Hall–Kier alpha value is -2.09. The van der Waals surface area contributed by atoms with E-state index >= 15 is 0 Å². The van der Waals surface area contributed by atoms with Crippen LogP contribution in [0.4, 0.5) is 4.39 Å². The minimum absolute atomic E-state index is 0.0769. The van der Waals surface area contributed by atoms with Crippen molar-refractivity contribution in [3.63, 3.8) is 0 Å². The van der Waals surface area contributed by atoms with E-state index in [1.807, 2.05) is 11.4 Å². The summed E-state index contributed by atoms with van der Waals surface area (Å²) in [6, 6.07) is 13.9. The predicted octanol–water partition coefficient (Wildman–Crippen LogP) is 5.11. The molecule has 0 fully saturated rings. The van der Waals surface area contributed by atoms with E-state index in [1.165, 1.54) is 17.4 Å². The zero-order chi connectivity index (χ0) is 20.5. The fourth-order valence-corrected chi connectivity index (χ4v) is 4.14. The van der Waals surface area contributed by atoms with Crippen molar-refractivity contribution < 1.29 is 13.9 Å². The zero-order valence-electron chi connectivity index (χ0n) is 15.6. The third-order valence-electron chi connectivity index (χ3n) is 3.90. The number of amides is 1. The molecule has 1 amide bonds. The second kappa shape index (κ2) is 11.2. The monoisotopic (exact) mass is 450 g/mol. The molecule has 2 aromatic carbocycles. The number of hydrogen-bond donors (Lipinski definition) is 1. The molecular weight excluding hydrogens is 431 g/mol. The Morgan fingerprint density at radius 1 is 1.21 bits per heavy atom. The summed E-state index contributed by atoms with van der Waals surface area (Å²) in [5.74, 6) is 1.76. The minimum atomic E-state index is -0.191. The molecule has 0 saturated carbocycles. The van der Waals surface area contributed by atoms with Gasteiger partial charge in [0.15, 0.2) is 0 Å². The van der Waals surface area contributed by atoms with E-state index in [-0.39, 0.29) is 18.1 Å². The van der Waals surface area contributed by atoms with Gasteiger partial charge in [-0.3, -0.25) is 4.79 Å². The van der Waals surface area contributed by atoms with Gasteiger partial charge in [-0.25, -0.2) is 9.37 Å². The van der Waals surface area contributed by atoms with Crippen LogP contribution in [-0.4, -0.2) is 23.2 Å². The van der Waals surface area contributed by atoms with E-state index in [1.54, 1.807) is 48.2 Å². The van der Waals surface area contributed by atoms with Crippen molar-refractivity contribution in [3.8, 4) is 5.75 Å². The quantitative estimate of drug-likeness (QED) is 0.436. The number of carbonyl (C=O) groups is 1. The first-order valence-corrected chi connectivity index (χ1v) is 11.4. The smallest absolute Gasteiger partial charge is 0.226 e. The summed E-state index contributed by atoms with van der Waals surface area (Å²) in [4.78, 5) is 16.5. The van der Waals surface area contributed by atoms with E-state index in [0.717, 1.165) is 22.2 Å². The molecule has 0 saturated heterocycles. The van der Waals surface area contributed by atoms with Crippen molar-refractivity contribution >= 4 is 40.6 Å². The molecule has 0 unspecified atom stereocenters. The van der Waals surface area contributed by atoms with Gasteiger partial charge in [0, 0.05) is 28.5 Å². The second-order valence-corrected chi connectivity index (χ2v) is 8.63. The number of aromatic nitrogens is 1. The van der Waals surface area contributed by atoms with Crippen molar-refractivity contribution in [2.24, 2.45) is 0 Å². The largest absolute Gasteiger partial charge is 0.486 e. The van der Waals surface area contributed by atoms with Crippen molar-refractivity contribution in [2.75, 3.05) is 12.3 Å². The van der Waals surface area contributed by atoms with Crippen LogP contribution >= 0.6 is 34.7 Å². The van der Waals surface area contributed by atoms with Gasteiger partial charge >= 0.3 is 0 Å². The van der Waals surface area contributed by atoms with Crippen LogP contribution in [0.25, 0.3) is 0 Å². The summed E-state index contributed by atoms with van der Waals surface area (Å²) in [5.41, 5.74) is 1.40. The Balaban J connectivity index is 1.33. The van der Waals surface area contributed by atoms with Crippen LogP contribution < -0.4 is 10.1 Å². The van der Waals surface area contributed by atoms with Gasteiger partial charge in [-0.05, 0) is 35.9 Å². The summed E-state index contributed by atoms with van der Waals surface area (Å²) < 4.78 is 19.2. The Kier molecular flexibility index (Phi) is 8.34. The lowest BCUT2D eigenvalue weighted by Gasteiger charge is -2.05. The maximum absolute atomic E-state index is 13.5. The predicted molar refractivity (Wildman–Crippen MR) is 117 cm³/mol. The van der Waals surface area contributed by atoms with E-state index in [0.29, 0.717) is 29.5 Å². The molecular formula is C21H20ClFN2O2S2. The molecule has 1 aromatic heterocycles. The highest BCUT2D eigenvalue weighted by Gasteiger charge is 2.08. The first-order valence-electron chi connectivity index (χ1n) is 8.99. The average Bonchev–Trinajstić information content (AvgIpc) is 3.16.